The molecule has 0 heterocycles. The highest BCUT2D eigenvalue weighted by Gasteiger charge is 2.30. The first kappa shape index (κ1) is 17.2. The predicted octanol–water partition coefficient (Wildman–Crippen LogP) is 4.42. The van der Waals surface area contributed by atoms with Gasteiger partial charge in [-0.25, -0.2) is 0 Å². The minimum atomic E-state index is -0.342. The van der Waals surface area contributed by atoms with Gasteiger partial charge in [0.25, 0.3) is 0 Å². The SMILES string of the molecule is CCCCC(Cl)C(NC(C)(C)C)C(=O)c1ccccc1. The Balaban J connectivity index is 2.89. The van der Waals surface area contributed by atoms with Crippen LogP contribution in [-0.4, -0.2) is 22.7 Å². The monoisotopic (exact) mass is 295 g/mol. The van der Waals surface area contributed by atoms with Crippen LogP contribution in [0, 0.1) is 0 Å². The van der Waals surface area contributed by atoms with Crippen molar-refractivity contribution in [3.63, 3.8) is 0 Å². The summed E-state index contributed by atoms with van der Waals surface area (Å²) in [5.41, 5.74) is 0.575. The molecular weight excluding hydrogens is 270 g/mol. The van der Waals surface area contributed by atoms with Crippen molar-refractivity contribution < 1.29 is 4.79 Å². The van der Waals surface area contributed by atoms with Crippen molar-refractivity contribution in [3.8, 4) is 0 Å². The fraction of sp³-hybridized carbons (Fsp3) is 0.588. The lowest BCUT2D eigenvalue weighted by Crippen LogP contribution is -2.52. The number of carbonyl (C=O) groups excluding carboxylic acids is 1. The molecule has 0 aromatic heterocycles. The zero-order valence-corrected chi connectivity index (χ0v) is 13.7. The second-order valence-corrected chi connectivity index (χ2v) is 6.82. The Bertz CT molecular complexity index is 411. The van der Waals surface area contributed by atoms with Crippen LogP contribution in [0.4, 0.5) is 0 Å². The summed E-state index contributed by atoms with van der Waals surface area (Å²) >= 11 is 6.49. The molecule has 0 aliphatic carbocycles. The number of ketones is 1. The number of carbonyl (C=O) groups is 1. The summed E-state index contributed by atoms with van der Waals surface area (Å²) in [6.07, 6.45) is 2.98. The van der Waals surface area contributed by atoms with Crippen LogP contribution in [0.3, 0.4) is 0 Å². The molecule has 3 heteroatoms. The minimum Gasteiger partial charge on any atom is -0.301 e. The first-order chi connectivity index (χ1) is 9.35. The van der Waals surface area contributed by atoms with Gasteiger partial charge in [-0.1, -0.05) is 50.1 Å². The normalized spacial score (nSPS) is 14.8. The molecule has 1 aromatic rings. The minimum absolute atomic E-state index is 0.0802. The van der Waals surface area contributed by atoms with E-state index in [0.717, 1.165) is 24.8 Å². The summed E-state index contributed by atoms with van der Waals surface area (Å²) in [6, 6.07) is 9.04. The molecule has 0 saturated carbocycles. The Morgan fingerprint density at radius 2 is 1.85 bits per heavy atom. The summed E-state index contributed by atoms with van der Waals surface area (Å²) in [6.45, 7) is 8.31. The molecule has 0 saturated heterocycles. The van der Waals surface area contributed by atoms with E-state index in [1.807, 2.05) is 30.3 Å². The smallest absolute Gasteiger partial charge is 0.181 e. The third-order valence-electron chi connectivity index (χ3n) is 3.12. The van der Waals surface area contributed by atoms with Gasteiger partial charge < -0.3 is 5.32 Å². The Morgan fingerprint density at radius 3 is 2.35 bits per heavy atom. The molecule has 0 bridgehead atoms. The summed E-state index contributed by atoms with van der Waals surface area (Å²) in [5.74, 6) is 0.0802. The molecular formula is C17H26ClNO. The molecule has 0 aliphatic rings. The molecule has 20 heavy (non-hydrogen) atoms. The van der Waals surface area contributed by atoms with Gasteiger partial charge >= 0.3 is 0 Å². The van der Waals surface area contributed by atoms with Crippen molar-refractivity contribution in [2.75, 3.05) is 0 Å². The van der Waals surface area contributed by atoms with Crippen LogP contribution in [0.5, 0.6) is 0 Å². The van der Waals surface area contributed by atoms with Crippen LogP contribution in [0.15, 0.2) is 30.3 Å². The molecule has 0 fully saturated rings. The van der Waals surface area contributed by atoms with Gasteiger partial charge in [-0.05, 0) is 27.2 Å². The summed E-state index contributed by atoms with van der Waals surface area (Å²) in [4.78, 5) is 12.7. The molecule has 0 spiro atoms. The Kier molecular flexibility index (Phi) is 6.70. The highest BCUT2D eigenvalue weighted by Crippen LogP contribution is 2.18. The number of alkyl halides is 1. The lowest BCUT2D eigenvalue weighted by molar-refractivity contribution is 0.0921. The van der Waals surface area contributed by atoms with Gasteiger partial charge in [0.1, 0.15) is 0 Å². The summed E-state index contributed by atoms with van der Waals surface area (Å²) in [5, 5.41) is 3.20. The zero-order valence-electron chi connectivity index (χ0n) is 12.9. The molecule has 0 aliphatic heterocycles. The lowest BCUT2D eigenvalue weighted by Gasteiger charge is -2.30. The van der Waals surface area contributed by atoms with Crippen LogP contribution in [0.2, 0.25) is 0 Å². The van der Waals surface area contributed by atoms with Gasteiger partial charge in [0.15, 0.2) is 5.78 Å². The van der Waals surface area contributed by atoms with Crippen LogP contribution in [0.1, 0.15) is 57.3 Å². The van der Waals surface area contributed by atoms with E-state index < -0.39 is 0 Å². The van der Waals surface area contributed by atoms with Gasteiger partial charge in [-0.15, -0.1) is 11.6 Å². The average Bonchev–Trinajstić information content (AvgIpc) is 2.41. The van der Waals surface area contributed by atoms with E-state index in [9.17, 15) is 4.79 Å². The third kappa shape index (κ3) is 5.64. The van der Waals surface area contributed by atoms with E-state index in [2.05, 4.69) is 33.0 Å². The lowest BCUT2D eigenvalue weighted by atomic mass is 9.95. The highest BCUT2D eigenvalue weighted by molar-refractivity contribution is 6.23. The van der Waals surface area contributed by atoms with Crippen molar-refractivity contribution in [1.82, 2.24) is 5.32 Å². The van der Waals surface area contributed by atoms with Crippen LogP contribution < -0.4 is 5.32 Å². The Labute approximate surface area is 127 Å². The molecule has 2 atom stereocenters. The fourth-order valence-corrected chi connectivity index (χ4v) is 2.47. The molecule has 112 valence electrons. The Hall–Kier alpha value is -0.860. The number of unbranched alkanes of at least 4 members (excludes halogenated alkanes) is 1. The molecule has 0 amide bonds. The molecule has 1 N–H and O–H groups in total. The van der Waals surface area contributed by atoms with Crippen LogP contribution >= 0.6 is 11.6 Å². The topological polar surface area (TPSA) is 29.1 Å². The van der Waals surface area contributed by atoms with E-state index in [1.54, 1.807) is 0 Å². The van der Waals surface area contributed by atoms with Crippen molar-refractivity contribution in [1.29, 1.82) is 0 Å². The van der Waals surface area contributed by atoms with Crippen LogP contribution in [-0.2, 0) is 0 Å². The second kappa shape index (κ2) is 7.80. The number of hydrogen-bond acceptors (Lipinski definition) is 2. The van der Waals surface area contributed by atoms with Gasteiger partial charge in [0.2, 0.25) is 0 Å². The van der Waals surface area contributed by atoms with E-state index >= 15 is 0 Å². The maximum Gasteiger partial charge on any atom is 0.181 e. The van der Waals surface area contributed by atoms with Crippen molar-refractivity contribution in [2.24, 2.45) is 0 Å². The van der Waals surface area contributed by atoms with Gasteiger partial charge in [-0.2, -0.15) is 0 Å². The van der Waals surface area contributed by atoms with E-state index in [4.69, 9.17) is 11.6 Å². The number of rotatable bonds is 7. The average molecular weight is 296 g/mol. The third-order valence-corrected chi connectivity index (χ3v) is 3.59. The van der Waals surface area contributed by atoms with Gasteiger partial charge in [-0.3, -0.25) is 4.79 Å². The predicted molar refractivity (Wildman–Crippen MR) is 86.6 cm³/mol. The molecule has 1 rings (SSSR count). The van der Waals surface area contributed by atoms with Crippen LogP contribution in [0.25, 0.3) is 0 Å². The number of Topliss-reactive ketones (excluding diaryl/α,β-unsaturated/α-hetero) is 1. The second-order valence-electron chi connectivity index (χ2n) is 6.26. The standard InChI is InChI=1S/C17H26ClNO/c1-5-6-12-14(18)15(19-17(2,3)4)16(20)13-10-8-7-9-11-13/h7-11,14-15,19H,5-6,12H2,1-4H3. The molecule has 2 nitrogen and oxygen atoms in total. The summed E-state index contributed by atoms with van der Waals surface area (Å²) in [7, 11) is 0. The number of nitrogens with one attached hydrogen (secondary N) is 1. The zero-order chi connectivity index (χ0) is 15.2. The van der Waals surface area contributed by atoms with Gasteiger partial charge in [0.05, 0.1) is 11.4 Å². The first-order valence-electron chi connectivity index (χ1n) is 7.36. The molecule has 2 unspecified atom stereocenters. The summed E-state index contributed by atoms with van der Waals surface area (Å²) < 4.78 is 0. The van der Waals surface area contributed by atoms with Crippen molar-refractivity contribution >= 4 is 17.4 Å². The molecule has 0 radical (unpaired) electrons. The fourth-order valence-electron chi connectivity index (χ4n) is 2.13. The van der Waals surface area contributed by atoms with Crippen molar-refractivity contribution in [3.05, 3.63) is 35.9 Å². The largest absolute Gasteiger partial charge is 0.301 e. The molecule has 1 aromatic carbocycles. The van der Waals surface area contributed by atoms with E-state index in [-0.39, 0.29) is 22.7 Å². The highest BCUT2D eigenvalue weighted by atomic mass is 35.5. The number of halogens is 1. The van der Waals surface area contributed by atoms with E-state index in [1.165, 1.54) is 0 Å². The quantitative estimate of drug-likeness (QED) is 0.596. The van der Waals surface area contributed by atoms with E-state index in [0.29, 0.717) is 0 Å². The number of hydrogen-bond donors (Lipinski definition) is 1. The Morgan fingerprint density at radius 1 is 1.25 bits per heavy atom. The van der Waals surface area contributed by atoms with Gasteiger partial charge in [0, 0.05) is 11.1 Å². The first-order valence-corrected chi connectivity index (χ1v) is 7.80. The number of benzene rings is 1. The maximum absolute atomic E-state index is 12.7. The maximum atomic E-state index is 12.7. The van der Waals surface area contributed by atoms with Crippen molar-refractivity contribution in [2.45, 2.75) is 63.9 Å².